The molecule has 1 N–H and O–H groups in total. The van der Waals surface area contributed by atoms with E-state index in [4.69, 9.17) is 9.26 Å². The molecule has 0 saturated heterocycles. The van der Waals surface area contributed by atoms with Gasteiger partial charge in [-0.15, -0.1) is 11.8 Å². The Hall–Kier alpha value is -2.73. The Labute approximate surface area is 169 Å². The minimum atomic E-state index is -0.0978. The van der Waals surface area contributed by atoms with Crippen LogP contribution in [0.5, 0.6) is 5.75 Å². The summed E-state index contributed by atoms with van der Waals surface area (Å²) < 4.78 is 10.9. The third-order valence-electron chi connectivity index (χ3n) is 3.93. The van der Waals surface area contributed by atoms with E-state index >= 15 is 0 Å². The van der Waals surface area contributed by atoms with Crippen LogP contribution in [0.2, 0.25) is 0 Å². The lowest BCUT2D eigenvalue weighted by molar-refractivity contribution is 0.0948. The molecule has 0 aliphatic rings. The highest BCUT2D eigenvalue weighted by Crippen LogP contribution is 2.26. The van der Waals surface area contributed by atoms with E-state index in [1.807, 2.05) is 75.4 Å². The van der Waals surface area contributed by atoms with Gasteiger partial charge in [0.25, 0.3) is 5.91 Å². The molecule has 5 nitrogen and oxygen atoms in total. The molecular formula is C22H24N2O3S. The van der Waals surface area contributed by atoms with Crippen molar-refractivity contribution in [2.45, 2.75) is 44.1 Å². The topological polar surface area (TPSA) is 64.4 Å². The lowest BCUT2D eigenvalue weighted by atomic mass is 10.2. The van der Waals surface area contributed by atoms with Crippen molar-refractivity contribution in [2.24, 2.45) is 0 Å². The summed E-state index contributed by atoms with van der Waals surface area (Å²) in [6, 6.07) is 17.3. The molecular weight excluding hydrogens is 372 g/mol. The molecule has 0 spiro atoms. The third kappa shape index (κ3) is 5.63. The summed E-state index contributed by atoms with van der Waals surface area (Å²) in [5.41, 5.74) is 2.53. The van der Waals surface area contributed by atoms with Crippen LogP contribution in [-0.2, 0) is 12.3 Å². The molecule has 3 rings (SSSR count). The fourth-order valence-electron chi connectivity index (χ4n) is 2.65. The zero-order valence-electron chi connectivity index (χ0n) is 16.3. The molecule has 0 saturated carbocycles. The molecule has 0 bridgehead atoms. The van der Waals surface area contributed by atoms with Crippen LogP contribution >= 0.6 is 11.8 Å². The highest BCUT2D eigenvalue weighted by molar-refractivity contribution is 7.98. The first-order valence-corrected chi connectivity index (χ1v) is 10.2. The number of benzene rings is 2. The van der Waals surface area contributed by atoms with Crippen LogP contribution in [0.25, 0.3) is 0 Å². The fourth-order valence-corrected chi connectivity index (χ4v) is 3.57. The Kier molecular flexibility index (Phi) is 6.76. The number of nitrogens with zero attached hydrogens (tertiary/aromatic N) is 1. The molecule has 0 radical (unpaired) electrons. The van der Waals surface area contributed by atoms with Gasteiger partial charge in [0.15, 0.2) is 0 Å². The van der Waals surface area contributed by atoms with Crippen LogP contribution in [0.15, 0.2) is 64.0 Å². The van der Waals surface area contributed by atoms with Crippen LogP contribution in [0.3, 0.4) is 0 Å². The van der Waals surface area contributed by atoms with E-state index in [-0.39, 0.29) is 12.0 Å². The normalized spacial score (nSPS) is 10.9. The van der Waals surface area contributed by atoms with Crippen LogP contribution in [-0.4, -0.2) is 17.2 Å². The van der Waals surface area contributed by atoms with Gasteiger partial charge in [-0.1, -0.05) is 29.4 Å². The standard InChI is InChI=1S/C22H24N2O3S/c1-15(2)26-18-10-8-17(9-11-18)13-23-22(25)20-6-4-5-7-21(20)28-14-19-12-16(3)24-27-19/h4-12,15H,13-14H2,1-3H3,(H,23,25). The number of aryl methyl sites for hydroxylation is 1. The molecule has 0 fully saturated rings. The van der Waals surface area contributed by atoms with E-state index in [9.17, 15) is 4.79 Å². The molecule has 0 aliphatic carbocycles. The fraction of sp³-hybridized carbons (Fsp3) is 0.273. The molecule has 3 aromatic rings. The van der Waals surface area contributed by atoms with Gasteiger partial charge in [-0.25, -0.2) is 0 Å². The Morgan fingerprint density at radius 3 is 2.61 bits per heavy atom. The first-order chi connectivity index (χ1) is 13.5. The van der Waals surface area contributed by atoms with Crippen molar-refractivity contribution in [1.29, 1.82) is 0 Å². The summed E-state index contributed by atoms with van der Waals surface area (Å²) in [5.74, 6) is 2.15. The van der Waals surface area contributed by atoms with Crippen molar-refractivity contribution in [1.82, 2.24) is 10.5 Å². The maximum absolute atomic E-state index is 12.7. The number of carbonyl (C=O) groups is 1. The number of aromatic nitrogens is 1. The molecule has 0 aliphatic heterocycles. The van der Waals surface area contributed by atoms with Gasteiger partial charge in [0.1, 0.15) is 11.5 Å². The van der Waals surface area contributed by atoms with E-state index in [0.29, 0.717) is 17.9 Å². The summed E-state index contributed by atoms with van der Waals surface area (Å²) in [4.78, 5) is 13.6. The van der Waals surface area contributed by atoms with Crippen LogP contribution in [0.1, 0.15) is 41.2 Å². The number of carbonyl (C=O) groups excluding carboxylic acids is 1. The molecule has 28 heavy (non-hydrogen) atoms. The first kappa shape index (κ1) is 20.0. The number of amides is 1. The smallest absolute Gasteiger partial charge is 0.252 e. The van der Waals surface area contributed by atoms with E-state index < -0.39 is 0 Å². The van der Waals surface area contributed by atoms with Crippen LogP contribution < -0.4 is 10.1 Å². The number of thioether (sulfide) groups is 1. The van der Waals surface area contributed by atoms with Crippen LogP contribution in [0, 0.1) is 6.92 Å². The highest BCUT2D eigenvalue weighted by atomic mass is 32.2. The lowest BCUT2D eigenvalue weighted by Crippen LogP contribution is -2.23. The molecule has 0 unspecified atom stereocenters. The second-order valence-corrected chi connectivity index (χ2v) is 7.73. The van der Waals surface area contributed by atoms with Crippen molar-refractivity contribution < 1.29 is 14.1 Å². The predicted molar refractivity (Wildman–Crippen MR) is 111 cm³/mol. The Balaban J connectivity index is 1.59. The van der Waals surface area contributed by atoms with E-state index in [2.05, 4.69) is 10.5 Å². The zero-order chi connectivity index (χ0) is 19.9. The average molecular weight is 397 g/mol. The number of ether oxygens (including phenoxy) is 1. The maximum Gasteiger partial charge on any atom is 0.252 e. The van der Waals surface area contributed by atoms with Crippen molar-refractivity contribution in [3.05, 3.63) is 77.2 Å². The minimum absolute atomic E-state index is 0.0978. The second kappa shape index (κ2) is 9.46. The van der Waals surface area contributed by atoms with Gasteiger partial charge < -0.3 is 14.6 Å². The lowest BCUT2D eigenvalue weighted by Gasteiger charge is -2.11. The SMILES string of the molecule is Cc1cc(CSc2ccccc2C(=O)NCc2ccc(OC(C)C)cc2)on1. The van der Waals surface area contributed by atoms with E-state index in [1.54, 1.807) is 11.8 Å². The number of hydrogen-bond acceptors (Lipinski definition) is 5. The Morgan fingerprint density at radius 2 is 1.93 bits per heavy atom. The molecule has 146 valence electrons. The number of hydrogen-bond donors (Lipinski definition) is 1. The Bertz CT molecular complexity index is 920. The maximum atomic E-state index is 12.7. The molecule has 0 atom stereocenters. The van der Waals surface area contributed by atoms with Crippen molar-refractivity contribution >= 4 is 17.7 Å². The molecule has 1 amide bonds. The highest BCUT2D eigenvalue weighted by Gasteiger charge is 2.12. The summed E-state index contributed by atoms with van der Waals surface area (Å²) >= 11 is 1.56. The van der Waals surface area contributed by atoms with Crippen LogP contribution in [0.4, 0.5) is 0 Å². The summed E-state index contributed by atoms with van der Waals surface area (Å²) in [5, 5.41) is 6.88. The van der Waals surface area contributed by atoms with Gasteiger partial charge in [0, 0.05) is 17.5 Å². The summed E-state index contributed by atoms with van der Waals surface area (Å²) in [7, 11) is 0. The average Bonchev–Trinajstić information content (AvgIpc) is 3.10. The van der Waals surface area contributed by atoms with Crippen molar-refractivity contribution in [3.63, 3.8) is 0 Å². The number of nitrogens with one attached hydrogen (secondary N) is 1. The van der Waals surface area contributed by atoms with E-state index in [0.717, 1.165) is 27.7 Å². The van der Waals surface area contributed by atoms with Crippen molar-refractivity contribution in [2.75, 3.05) is 0 Å². The van der Waals surface area contributed by atoms with Gasteiger partial charge in [0.05, 0.1) is 23.1 Å². The van der Waals surface area contributed by atoms with Gasteiger partial charge >= 0.3 is 0 Å². The minimum Gasteiger partial charge on any atom is -0.491 e. The Morgan fingerprint density at radius 1 is 1.18 bits per heavy atom. The molecule has 1 aromatic heterocycles. The second-order valence-electron chi connectivity index (χ2n) is 6.71. The van der Waals surface area contributed by atoms with Gasteiger partial charge in [-0.2, -0.15) is 0 Å². The van der Waals surface area contributed by atoms with Gasteiger partial charge in [-0.05, 0) is 50.6 Å². The third-order valence-corrected chi connectivity index (χ3v) is 5.02. The predicted octanol–water partition coefficient (Wildman–Crippen LogP) is 4.99. The first-order valence-electron chi connectivity index (χ1n) is 9.19. The van der Waals surface area contributed by atoms with Crippen molar-refractivity contribution in [3.8, 4) is 5.75 Å². The van der Waals surface area contributed by atoms with E-state index in [1.165, 1.54) is 0 Å². The zero-order valence-corrected chi connectivity index (χ0v) is 17.1. The molecule has 2 aromatic carbocycles. The summed E-state index contributed by atoms with van der Waals surface area (Å²) in [6.07, 6.45) is 0.139. The van der Waals surface area contributed by atoms with Gasteiger partial charge in [0.2, 0.25) is 0 Å². The monoisotopic (exact) mass is 396 g/mol. The molecule has 1 heterocycles. The summed E-state index contributed by atoms with van der Waals surface area (Å²) in [6.45, 7) is 6.34. The quantitative estimate of drug-likeness (QED) is 0.543. The van der Waals surface area contributed by atoms with Gasteiger partial charge in [-0.3, -0.25) is 4.79 Å². The molecule has 6 heteroatoms. The largest absolute Gasteiger partial charge is 0.491 e. The number of rotatable bonds is 8.